The maximum Gasteiger partial charge on any atom is 0 e. The normalized spacial score (nSPS) is 0. The van der Waals surface area contributed by atoms with Crippen LogP contribution >= 0.6 is 95.9 Å². The van der Waals surface area contributed by atoms with Gasteiger partial charge in [0.25, 0.3) is 0 Å². The second-order valence-electron chi connectivity index (χ2n) is 0. The maximum absolute atomic E-state index is 0. The average Bonchev–Trinajstić information content (AvgIpc) is 0. The van der Waals surface area contributed by atoms with Crippen molar-refractivity contribution in [3.8, 4) is 0 Å². The molecular formula is H4I4K2Pt. The predicted octanol–water partition coefficient (Wildman–Crippen LogP) is 1.71. The molecule has 0 aromatic rings. The zero-order valence-corrected chi connectivity index (χ0v) is 21.8. The molecule has 0 atom stereocenters. The van der Waals surface area contributed by atoms with E-state index < -0.39 is 0 Å². The molecule has 0 rings (SSSR count). The van der Waals surface area contributed by atoms with Gasteiger partial charge in [0.05, 0.1) is 0 Å². The fourth-order valence-electron chi connectivity index (χ4n) is 0. The average molecular weight is 785 g/mol. The van der Waals surface area contributed by atoms with Gasteiger partial charge in [0.2, 0.25) is 0 Å². The van der Waals surface area contributed by atoms with Crippen molar-refractivity contribution in [3.05, 3.63) is 0 Å². The van der Waals surface area contributed by atoms with Crippen LogP contribution in [0.4, 0.5) is 0 Å². The van der Waals surface area contributed by atoms with Gasteiger partial charge in [-0.1, -0.05) is 0 Å². The summed E-state index contributed by atoms with van der Waals surface area (Å²) in [6.07, 6.45) is 0. The van der Waals surface area contributed by atoms with Crippen LogP contribution in [0.5, 0.6) is 0 Å². The number of halogens is 4. The van der Waals surface area contributed by atoms with Gasteiger partial charge < -0.3 is 0 Å². The van der Waals surface area contributed by atoms with E-state index in [0.29, 0.717) is 0 Å². The van der Waals surface area contributed by atoms with E-state index in [-0.39, 0.29) is 220 Å². The Morgan fingerprint density at radius 3 is 0.429 bits per heavy atom. The van der Waals surface area contributed by atoms with Gasteiger partial charge >= 0.3 is 0 Å². The van der Waals surface area contributed by atoms with E-state index >= 15 is 0 Å². The predicted molar refractivity (Wildman–Crippen MR) is 73.2 cm³/mol. The molecule has 0 unspecified atom stereocenters. The number of hydrogen-bond acceptors (Lipinski definition) is 0. The van der Waals surface area contributed by atoms with Gasteiger partial charge in [-0.25, -0.2) is 0 Å². The number of hydrogen-bond donors (Lipinski definition) is 0. The molecule has 0 heterocycles. The van der Waals surface area contributed by atoms with Gasteiger partial charge in [-0.15, -0.1) is 95.9 Å². The molecule has 0 saturated carbocycles. The minimum absolute atomic E-state index is 0. The molecule has 2 radical (unpaired) electrons. The van der Waals surface area contributed by atoms with Crippen molar-refractivity contribution >= 4 is 199 Å². The third kappa shape index (κ3) is 32.2. The van der Waals surface area contributed by atoms with Crippen LogP contribution in [0.2, 0.25) is 0 Å². The van der Waals surface area contributed by atoms with Crippen LogP contribution < -0.4 is 0 Å². The van der Waals surface area contributed by atoms with E-state index in [9.17, 15) is 0 Å². The molecule has 0 spiro atoms. The number of rotatable bonds is 0. The molecule has 0 saturated heterocycles. The summed E-state index contributed by atoms with van der Waals surface area (Å²) in [5, 5.41) is 0. The van der Waals surface area contributed by atoms with Crippen molar-refractivity contribution in [2.45, 2.75) is 0 Å². The zero-order chi connectivity index (χ0) is 0. The van der Waals surface area contributed by atoms with E-state index in [1.165, 1.54) is 0 Å². The van der Waals surface area contributed by atoms with Gasteiger partial charge in [0.15, 0.2) is 0 Å². The third-order valence-corrected chi connectivity index (χ3v) is 0. The Balaban J connectivity index is 0. The molecule has 0 aliphatic heterocycles. The minimum atomic E-state index is 0. The standard InChI is InChI=1S/4HI.2K.Pt/h4*1H;;;. The molecule has 0 bridgehead atoms. The van der Waals surface area contributed by atoms with Crippen LogP contribution in [0, 0.1) is 0 Å². The monoisotopic (exact) mass is 785 g/mol. The van der Waals surface area contributed by atoms with Crippen LogP contribution in [-0.2, 0) is 21.1 Å². The van der Waals surface area contributed by atoms with Crippen molar-refractivity contribution in [2.24, 2.45) is 0 Å². The van der Waals surface area contributed by atoms with Gasteiger partial charge in [-0.2, -0.15) is 0 Å². The van der Waals surface area contributed by atoms with Crippen molar-refractivity contribution in [1.29, 1.82) is 0 Å². The van der Waals surface area contributed by atoms with Crippen molar-refractivity contribution in [1.82, 2.24) is 0 Å². The van der Waals surface area contributed by atoms with Crippen LogP contribution in [0.3, 0.4) is 0 Å². The first-order chi connectivity index (χ1) is 0. The Morgan fingerprint density at radius 2 is 0.429 bits per heavy atom. The summed E-state index contributed by atoms with van der Waals surface area (Å²) in [6, 6.07) is 0. The molecular weight excluding hydrogens is 781 g/mol. The molecule has 0 nitrogen and oxygen atoms in total. The first kappa shape index (κ1) is 48.6. The second kappa shape index (κ2) is 38.4. The van der Waals surface area contributed by atoms with E-state index in [1.807, 2.05) is 0 Å². The molecule has 44 valence electrons. The molecule has 0 aliphatic carbocycles. The van der Waals surface area contributed by atoms with Gasteiger partial charge in [0.1, 0.15) is 0 Å². The summed E-state index contributed by atoms with van der Waals surface area (Å²) in [4.78, 5) is 0. The fourth-order valence-corrected chi connectivity index (χ4v) is 0. The van der Waals surface area contributed by atoms with E-state index in [0.717, 1.165) is 0 Å². The summed E-state index contributed by atoms with van der Waals surface area (Å²) >= 11 is 0. The SMILES string of the molecule is I.I.I.I.[K].[K].[Pt]. The third-order valence-electron chi connectivity index (χ3n) is 0. The van der Waals surface area contributed by atoms with E-state index in [4.69, 9.17) is 0 Å². The summed E-state index contributed by atoms with van der Waals surface area (Å²) in [6.45, 7) is 0. The maximum atomic E-state index is 0. The largest absolute Gasteiger partial charge is 0.107 e. The quantitative estimate of drug-likeness (QED) is 0.260. The van der Waals surface area contributed by atoms with Crippen molar-refractivity contribution in [3.63, 3.8) is 0 Å². The first-order valence-electron chi connectivity index (χ1n) is 0. The Kier molecular flexibility index (Phi) is 267. The molecule has 0 amide bonds. The fraction of sp³-hybridized carbons (Fsp3) is 0. The Bertz CT molecular complexity index is 9.65. The summed E-state index contributed by atoms with van der Waals surface area (Å²) in [5.74, 6) is 0. The summed E-state index contributed by atoms with van der Waals surface area (Å²) in [5.41, 5.74) is 0. The van der Waals surface area contributed by atoms with E-state index in [1.54, 1.807) is 0 Å². The molecule has 7 heavy (non-hydrogen) atoms. The summed E-state index contributed by atoms with van der Waals surface area (Å²) < 4.78 is 0. The Morgan fingerprint density at radius 1 is 0.429 bits per heavy atom. The van der Waals surface area contributed by atoms with Crippen molar-refractivity contribution < 1.29 is 21.1 Å². The van der Waals surface area contributed by atoms with Gasteiger partial charge in [-0.05, 0) is 0 Å². The van der Waals surface area contributed by atoms with Crippen LogP contribution in [0.25, 0.3) is 0 Å². The van der Waals surface area contributed by atoms with Crippen LogP contribution in [-0.4, -0.2) is 103 Å². The topological polar surface area (TPSA) is 0 Å². The zero-order valence-electron chi connectivity index (χ0n) is 3.95. The Hall–Kier alpha value is 6.88. The molecule has 0 aliphatic rings. The van der Waals surface area contributed by atoms with E-state index in [2.05, 4.69) is 0 Å². The Labute approximate surface area is 212 Å². The van der Waals surface area contributed by atoms with Crippen molar-refractivity contribution in [2.75, 3.05) is 0 Å². The van der Waals surface area contributed by atoms with Crippen LogP contribution in [0.1, 0.15) is 0 Å². The molecule has 0 aromatic carbocycles. The van der Waals surface area contributed by atoms with Gasteiger partial charge in [0, 0.05) is 124 Å². The first-order valence-corrected chi connectivity index (χ1v) is 0. The molecule has 0 aromatic heterocycles. The molecule has 0 N–H and O–H groups in total. The van der Waals surface area contributed by atoms with Crippen LogP contribution in [0.15, 0.2) is 0 Å². The summed E-state index contributed by atoms with van der Waals surface area (Å²) in [7, 11) is 0. The molecule has 7 heteroatoms. The minimum Gasteiger partial charge on any atom is -0.107 e. The van der Waals surface area contributed by atoms with Gasteiger partial charge in [-0.3, -0.25) is 0 Å². The second-order valence-corrected chi connectivity index (χ2v) is 0. The smallest absolute Gasteiger partial charge is 0 e. The molecule has 0 fully saturated rings.